The van der Waals surface area contributed by atoms with E-state index in [1.165, 1.54) is 6.33 Å². The Morgan fingerprint density at radius 1 is 1.00 bits per heavy atom. The summed E-state index contributed by atoms with van der Waals surface area (Å²) in [7, 11) is 1.98. The molecule has 6 rings (SSSR count). The average molecular weight is 482 g/mol. The van der Waals surface area contributed by atoms with Gasteiger partial charge in [-0.1, -0.05) is 0 Å². The summed E-state index contributed by atoms with van der Waals surface area (Å²) >= 11 is 0. The molecule has 1 fully saturated rings. The van der Waals surface area contributed by atoms with E-state index in [4.69, 9.17) is 15.5 Å². The number of aromatic nitrogens is 6. The summed E-state index contributed by atoms with van der Waals surface area (Å²) in [5, 5.41) is 3.39. The van der Waals surface area contributed by atoms with Crippen LogP contribution in [0.25, 0.3) is 22.1 Å². The van der Waals surface area contributed by atoms with Gasteiger partial charge in [-0.05, 0) is 55.7 Å². The summed E-state index contributed by atoms with van der Waals surface area (Å²) in [4.78, 5) is 24.7. The third-order valence-electron chi connectivity index (χ3n) is 6.55. The Morgan fingerprint density at radius 2 is 1.86 bits per heavy atom. The molecule has 10 nitrogen and oxygen atoms in total. The second kappa shape index (κ2) is 9.04. The highest BCUT2D eigenvalue weighted by Gasteiger charge is 2.19. The van der Waals surface area contributed by atoms with E-state index in [9.17, 15) is 0 Å². The van der Waals surface area contributed by atoms with Crippen LogP contribution in [-0.4, -0.2) is 48.6 Å². The second-order valence-electron chi connectivity index (χ2n) is 9.16. The normalized spacial score (nSPS) is 14.5. The summed E-state index contributed by atoms with van der Waals surface area (Å²) in [5.74, 6) is 2.83. The molecule has 0 bridgehead atoms. The minimum atomic E-state index is 0.246. The summed E-state index contributed by atoms with van der Waals surface area (Å²) in [5.41, 5.74) is 11.2. The van der Waals surface area contributed by atoms with Gasteiger partial charge < -0.3 is 25.3 Å². The van der Waals surface area contributed by atoms with Gasteiger partial charge >= 0.3 is 0 Å². The molecular formula is C26H27N9O. The van der Waals surface area contributed by atoms with Crippen LogP contribution in [0.2, 0.25) is 0 Å². The lowest BCUT2D eigenvalue weighted by Crippen LogP contribution is -2.40. The fraction of sp³-hybridized carbons (Fsp3) is 0.269. The zero-order chi connectivity index (χ0) is 24.6. The largest absolute Gasteiger partial charge is 0.457 e. The maximum Gasteiger partial charge on any atom is 0.226 e. The first-order chi connectivity index (χ1) is 17.5. The van der Waals surface area contributed by atoms with Crippen molar-refractivity contribution in [1.29, 1.82) is 0 Å². The number of nitrogens with two attached hydrogens (primary N) is 1. The summed E-state index contributed by atoms with van der Waals surface area (Å²) in [6.07, 6.45) is 6.93. The summed E-state index contributed by atoms with van der Waals surface area (Å²) in [6.45, 7) is 3.70. The number of nitrogens with one attached hydrogen (secondary N) is 1. The molecule has 0 atom stereocenters. The first kappa shape index (κ1) is 22.2. The fourth-order valence-electron chi connectivity index (χ4n) is 4.47. The van der Waals surface area contributed by atoms with E-state index < -0.39 is 0 Å². The van der Waals surface area contributed by atoms with E-state index in [0.717, 1.165) is 59.7 Å². The molecule has 36 heavy (non-hydrogen) atoms. The first-order valence-electron chi connectivity index (χ1n) is 12.0. The van der Waals surface area contributed by atoms with E-state index in [-0.39, 0.29) is 6.04 Å². The maximum atomic E-state index is 6.15. The van der Waals surface area contributed by atoms with Gasteiger partial charge in [0.15, 0.2) is 5.82 Å². The predicted octanol–water partition coefficient (Wildman–Crippen LogP) is 4.08. The smallest absolute Gasteiger partial charge is 0.226 e. The summed E-state index contributed by atoms with van der Waals surface area (Å²) in [6, 6.07) is 12.1. The molecule has 3 aromatic heterocycles. The predicted molar refractivity (Wildman–Crippen MR) is 140 cm³/mol. The Morgan fingerprint density at radius 3 is 2.69 bits per heavy atom. The minimum Gasteiger partial charge on any atom is -0.457 e. The van der Waals surface area contributed by atoms with E-state index in [2.05, 4.69) is 30.2 Å². The van der Waals surface area contributed by atoms with Gasteiger partial charge in [0, 0.05) is 37.9 Å². The number of ether oxygens (including phenoxy) is 1. The number of anilines is 3. The zero-order valence-electron chi connectivity index (χ0n) is 20.2. The second-order valence-corrected chi connectivity index (χ2v) is 9.16. The summed E-state index contributed by atoms with van der Waals surface area (Å²) < 4.78 is 8.14. The molecule has 2 aromatic carbocycles. The number of hydrogen-bond acceptors (Lipinski definition) is 9. The highest BCUT2D eigenvalue weighted by atomic mass is 16.5. The highest BCUT2D eigenvalue weighted by molar-refractivity contribution is 5.87. The van der Waals surface area contributed by atoms with Crippen molar-refractivity contribution in [3.05, 3.63) is 60.8 Å². The van der Waals surface area contributed by atoms with Gasteiger partial charge in [0.25, 0.3) is 0 Å². The van der Waals surface area contributed by atoms with Crippen LogP contribution in [0.1, 0.15) is 18.4 Å². The van der Waals surface area contributed by atoms with E-state index in [1.54, 1.807) is 12.5 Å². The molecule has 0 amide bonds. The van der Waals surface area contributed by atoms with Crippen molar-refractivity contribution in [2.45, 2.75) is 25.8 Å². The lowest BCUT2D eigenvalue weighted by atomic mass is 10.1. The Hall–Kier alpha value is -4.31. The monoisotopic (exact) mass is 481 g/mol. The first-order valence-corrected chi connectivity index (χ1v) is 12.0. The maximum absolute atomic E-state index is 6.15. The van der Waals surface area contributed by atoms with Crippen molar-refractivity contribution in [3.63, 3.8) is 0 Å². The van der Waals surface area contributed by atoms with Crippen molar-refractivity contribution in [2.75, 3.05) is 23.3 Å². The molecule has 1 aliphatic rings. The van der Waals surface area contributed by atoms with Crippen molar-refractivity contribution in [2.24, 2.45) is 12.8 Å². The minimum absolute atomic E-state index is 0.246. The molecular weight excluding hydrogens is 454 g/mol. The fourth-order valence-corrected chi connectivity index (χ4v) is 4.47. The van der Waals surface area contributed by atoms with E-state index in [0.29, 0.717) is 22.8 Å². The number of nitrogens with zero attached hydrogens (tertiary/aromatic N) is 7. The van der Waals surface area contributed by atoms with Crippen LogP contribution in [0.3, 0.4) is 0 Å². The van der Waals surface area contributed by atoms with Gasteiger partial charge in [-0.2, -0.15) is 0 Å². The molecule has 0 aliphatic carbocycles. The van der Waals surface area contributed by atoms with Crippen molar-refractivity contribution in [3.8, 4) is 11.5 Å². The number of aryl methyl sites for hydroxylation is 2. The molecule has 5 aromatic rings. The zero-order valence-corrected chi connectivity index (χ0v) is 20.2. The average Bonchev–Trinajstić information content (AvgIpc) is 3.26. The van der Waals surface area contributed by atoms with Crippen LogP contribution < -0.4 is 20.7 Å². The SMILES string of the molecule is Cc1cc(Nc2ncnc3cnc(N4CCC(N)CC4)nc23)ccc1Oc1ccc2c(c1)ncn2C. The number of rotatable bonds is 5. The van der Waals surface area contributed by atoms with Gasteiger partial charge in [-0.15, -0.1) is 0 Å². The van der Waals surface area contributed by atoms with Crippen LogP contribution in [0.4, 0.5) is 17.5 Å². The highest BCUT2D eigenvalue weighted by Crippen LogP contribution is 2.31. The van der Waals surface area contributed by atoms with Gasteiger partial charge in [0.05, 0.1) is 23.6 Å². The van der Waals surface area contributed by atoms with Crippen LogP contribution >= 0.6 is 0 Å². The van der Waals surface area contributed by atoms with Gasteiger partial charge in [-0.25, -0.2) is 24.9 Å². The Labute approximate surface area is 208 Å². The Bertz CT molecular complexity index is 1560. The lowest BCUT2D eigenvalue weighted by molar-refractivity contribution is 0.479. The number of fused-ring (bicyclic) bond motifs is 2. The molecule has 182 valence electrons. The molecule has 1 aliphatic heterocycles. The lowest BCUT2D eigenvalue weighted by Gasteiger charge is -2.30. The Balaban J connectivity index is 1.24. The van der Waals surface area contributed by atoms with E-state index in [1.807, 2.05) is 54.9 Å². The third kappa shape index (κ3) is 4.27. The Kier molecular flexibility index (Phi) is 5.57. The number of piperidine rings is 1. The van der Waals surface area contributed by atoms with Gasteiger partial charge in [0.2, 0.25) is 5.95 Å². The topological polar surface area (TPSA) is 120 Å². The molecule has 0 unspecified atom stereocenters. The van der Waals surface area contributed by atoms with Crippen molar-refractivity contribution in [1.82, 2.24) is 29.5 Å². The third-order valence-corrected chi connectivity index (χ3v) is 6.55. The van der Waals surface area contributed by atoms with E-state index >= 15 is 0 Å². The molecule has 4 heterocycles. The number of imidazole rings is 1. The standard InChI is InChI=1S/C26H27N9O/c1-16-11-18(3-6-23(16)36-19-4-5-22-20(12-19)31-15-34(22)2)32-25-24-21(29-14-30-25)13-28-26(33-24)35-9-7-17(27)8-10-35/h3-6,11-15,17H,7-10,27H2,1-2H3,(H,29,30,32). The van der Waals surface area contributed by atoms with Crippen LogP contribution in [0, 0.1) is 6.92 Å². The molecule has 10 heteroatoms. The van der Waals surface area contributed by atoms with Crippen LogP contribution in [-0.2, 0) is 7.05 Å². The number of hydrogen-bond donors (Lipinski definition) is 2. The number of benzene rings is 2. The van der Waals surface area contributed by atoms with Crippen molar-refractivity contribution >= 4 is 39.5 Å². The van der Waals surface area contributed by atoms with Gasteiger partial charge in [-0.3, -0.25) is 0 Å². The van der Waals surface area contributed by atoms with Crippen molar-refractivity contribution < 1.29 is 4.74 Å². The molecule has 0 spiro atoms. The molecule has 0 saturated carbocycles. The molecule has 3 N–H and O–H groups in total. The van der Waals surface area contributed by atoms with Gasteiger partial charge in [0.1, 0.15) is 28.9 Å². The quantitative estimate of drug-likeness (QED) is 0.382. The molecule has 1 saturated heterocycles. The van der Waals surface area contributed by atoms with Crippen LogP contribution in [0.15, 0.2) is 55.2 Å². The van der Waals surface area contributed by atoms with Crippen LogP contribution in [0.5, 0.6) is 11.5 Å². The molecule has 0 radical (unpaired) electrons.